The van der Waals surface area contributed by atoms with Crippen LogP contribution in [0.5, 0.6) is 23.0 Å². The zero-order valence-electron chi connectivity index (χ0n) is 49.3. The number of carbonyl (C=O) groups is 4. The van der Waals surface area contributed by atoms with Crippen LogP contribution in [0.3, 0.4) is 0 Å². The average molecular weight is 1060 g/mol. The number of hydrogen-bond acceptors (Lipinski definition) is 6. The van der Waals surface area contributed by atoms with Gasteiger partial charge in [-0.3, -0.25) is 29.8 Å². The fourth-order valence-electron chi connectivity index (χ4n) is 13.2. The summed E-state index contributed by atoms with van der Waals surface area (Å²) < 4.78 is 15.6. The van der Waals surface area contributed by atoms with Gasteiger partial charge in [-0.2, -0.15) is 0 Å². The molecule has 0 bridgehead atoms. The van der Waals surface area contributed by atoms with E-state index in [2.05, 4.69) is 200 Å². The summed E-state index contributed by atoms with van der Waals surface area (Å²) in [5.74, 6) is 0.527. The lowest BCUT2D eigenvalue weighted by Gasteiger charge is -2.32. The van der Waals surface area contributed by atoms with Gasteiger partial charge in [-0.25, -0.2) is 0 Å². The molecular weight excluding hydrogens is 989 g/mol. The first-order valence-corrected chi connectivity index (χ1v) is 29.0. The predicted molar refractivity (Wildman–Crippen MR) is 328 cm³/mol. The maximum absolute atomic E-state index is 16.0. The molecule has 9 aromatic rings. The number of benzene rings is 9. The van der Waals surface area contributed by atoms with E-state index in [4.69, 9.17) is 9.47 Å². The summed E-state index contributed by atoms with van der Waals surface area (Å²) >= 11 is 0. The largest absolute Gasteiger partial charge is 0.456 e. The topological polar surface area (TPSA) is 111 Å². The smallest absolute Gasteiger partial charge is 0.259 e. The van der Waals surface area contributed by atoms with E-state index >= 15 is 9.59 Å². The van der Waals surface area contributed by atoms with E-state index < -0.39 is 23.6 Å². The summed E-state index contributed by atoms with van der Waals surface area (Å²) in [6, 6.07) is 33.1. The van der Waals surface area contributed by atoms with Gasteiger partial charge in [0.25, 0.3) is 23.6 Å². The summed E-state index contributed by atoms with van der Waals surface area (Å²) in [7, 11) is 0. The Morgan fingerprint density at radius 3 is 1.16 bits per heavy atom. The van der Waals surface area contributed by atoms with Crippen LogP contribution < -0.4 is 20.1 Å². The molecular formula is C72H74N2O6. The van der Waals surface area contributed by atoms with Gasteiger partial charge < -0.3 is 9.47 Å². The van der Waals surface area contributed by atoms with Crippen LogP contribution in [-0.4, -0.2) is 23.6 Å². The van der Waals surface area contributed by atoms with Crippen LogP contribution >= 0.6 is 0 Å². The Balaban J connectivity index is 1.52. The molecule has 0 aromatic heterocycles. The minimum atomic E-state index is -0.527. The quantitative estimate of drug-likeness (QED) is 0.0638. The van der Waals surface area contributed by atoms with Gasteiger partial charge >= 0.3 is 0 Å². The lowest BCUT2D eigenvalue weighted by atomic mass is 9.74. The number of fused-ring (bicyclic) bond motifs is 2. The molecule has 8 heteroatoms. The van der Waals surface area contributed by atoms with Gasteiger partial charge in [0.15, 0.2) is 0 Å². The van der Waals surface area contributed by atoms with Gasteiger partial charge in [0.1, 0.15) is 23.0 Å². The zero-order chi connectivity index (χ0) is 57.2. The minimum absolute atomic E-state index is 0.00745. The summed E-state index contributed by atoms with van der Waals surface area (Å²) in [4.78, 5) is 60.8. The van der Waals surface area contributed by atoms with Crippen molar-refractivity contribution in [1.82, 2.24) is 10.6 Å². The van der Waals surface area contributed by atoms with Crippen LogP contribution in [-0.2, 0) is 0 Å². The number of nitrogens with one attached hydrogen (secondary N) is 2. The molecule has 0 unspecified atom stereocenters. The highest BCUT2D eigenvalue weighted by molar-refractivity contribution is 6.45. The van der Waals surface area contributed by atoms with Crippen molar-refractivity contribution < 1.29 is 28.7 Å². The molecule has 4 amide bonds. The number of amides is 4. The maximum atomic E-state index is 16.0. The molecule has 2 N–H and O–H groups in total. The predicted octanol–water partition coefficient (Wildman–Crippen LogP) is 19.4. The van der Waals surface area contributed by atoms with E-state index in [9.17, 15) is 9.59 Å². The molecule has 0 atom stereocenters. The van der Waals surface area contributed by atoms with Crippen molar-refractivity contribution >= 4 is 66.7 Å². The SMILES string of the molecule is CC(C)c1cccc(C(C)C)c1Oc1cc2c3c(ccc4c5c(Oc6c(C(C)C)cccc6C(C)C)c(-c6c(C(C)C)cccc6C(C)C)c6c7c(c(-c8c(C(C)C)cccc8C(C)C)cc(c1c34)c75)C(=O)NC6=O)C(=O)NC2=O. The Morgan fingerprint density at radius 2 is 0.688 bits per heavy atom. The van der Waals surface area contributed by atoms with E-state index in [1.165, 1.54) is 0 Å². The average Bonchev–Trinajstić information content (AvgIpc) is 3.30. The normalized spacial score (nSPS) is 13.7. The summed E-state index contributed by atoms with van der Waals surface area (Å²) in [5, 5.41) is 10.7. The molecule has 2 aliphatic rings. The van der Waals surface area contributed by atoms with Gasteiger partial charge in [0.05, 0.1) is 16.7 Å². The van der Waals surface area contributed by atoms with Gasteiger partial charge in [0, 0.05) is 43.4 Å². The van der Waals surface area contributed by atoms with Gasteiger partial charge in [-0.05, 0) is 138 Å². The third-order valence-electron chi connectivity index (χ3n) is 17.0. The highest BCUT2D eigenvalue weighted by Crippen LogP contribution is 2.59. The Bertz CT molecular complexity index is 4010. The Hall–Kier alpha value is -7.84. The summed E-state index contributed by atoms with van der Waals surface area (Å²) in [5.41, 5.74) is 12.7. The maximum Gasteiger partial charge on any atom is 0.259 e. The second-order valence-electron chi connectivity index (χ2n) is 24.9. The first-order chi connectivity index (χ1) is 38.0. The van der Waals surface area contributed by atoms with E-state index in [0.29, 0.717) is 99.5 Å². The molecule has 2 aliphatic heterocycles. The molecule has 0 saturated carbocycles. The van der Waals surface area contributed by atoms with E-state index in [1.807, 2.05) is 12.1 Å². The molecule has 9 aromatic carbocycles. The number of rotatable bonds is 14. The summed E-state index contributed by atoms with van der Waals surface area (Å²) in [6.45, 7) is 34.7. The van der Waals surface area contributed by atoms with E-state index in [1.54, 1.807) is 6.07 Å². The van der Waals surface area contributed by atoms with E-state index in [-0.39, 0.29) is 47.3 Å². The molecule has 0 fully saturated rings. The number of hydrogen-bond donors (Lipinski definition) is 2. The fraction of sp³-hybridized carbons (Fsp3) is 0.333. The first-order valence-electron chi connectivity index (χ1n) is 29.0. The van der Waals surface area contributed by atoms with Crippen molar-refractivity contribution in [3.63, 3.8) is 0 Å². The Morgan fingerprint density at radius 1 is 0.287 bits per heavy atom. The fourth-order valence-corrected chi connectivity index (χ4v) is 13.2. The first kappa shape index (κ1) is 54.1. The standard InChI is InChI=1S/C72H74N2O6/c1-33(2)41-21-17-22-42(34(3)4)55(41)51-31-52-58-54(79-66-45(37(9)10)25-19-26-46(66)38(11)12)32-53-57-50(69(75)73-70(53)76)30-29-49(59(57)58)61-60(52)63-62(51)71(77)74-72(78)65(63)64(56-43(35(5)6)23-18-24-44(56)36(7)8)68(61)80-67-47(39(13)14)27-20-28-48(67)40(15)16/h17-40H,1-16H3,(H,73,75,76)(H,74,77,78). The van der Waals surface area contributed by atoms with Crippen LogP contribution in [0.2, 0.25) is 0 Å². The van der Waals surface area contributed by atoms with Crippen LogP contribution in [0.1, 0.15) is 244 Å². The molecule has 80 heavy (non-hydrogen) atoms. The van der Waals surface area contributed by atoms with Gasteiger partial charge in [-0.15, -0.1) is 0 Å². The van der Waals surface area contributed by atoms with Crippen LogP contribution in [0.25, 0.3) is 65.3 Å². The lowest BCUT2D eigenvalue weighted by Crippen LogP contribution is -2.36. The number of imide groups is 2. The molecule has 0 saturated heterocycles. The zero-order valence-corrected chi connectivity index (χ0v) is 49.3. The molecule has 2 heterocycles. The van der Waals surface area contributed by atoms with Crippen molar-refractivity contribution in [3.05, 3.63) is 164 Å². The summed E-state index contributed by atoms with van der Waals surface area (Å²) in [6.07, 6.45) is 0. The molecule has 8 nitrogen and oxygen atoms in total. The third-order valence-corrected chi connectivity index (χ3v) is 17.0. The third kappa shape index (κ3) is 8.29. The second kappa shape index (κ2) is 20.1. The number of para-hydroxylation sites is 2. The Kier molecular flexibility index (Phi) is 13.6. The van der Waals surface area contributed by atoms with Crippen molar-refractivity contribution in [1.29, 1.82) is 0 Å². The van der Waals surface area contributed by atoms with E-state index in [0.717, 1.165) is 55.6 Å². The molecule has 0 spiro atoms. The monoisotopic (exact) mass is 1060 g/mol. The molecule has 11 rings (SSSR count). The molecule has 408 valence electrons. The minimum Gasteiger partial charge on any atom is -0.456 e. The van der Waals surface area contributed by atoms with Crippen molar-refractivity contribution in [3.8, 4) is 45.3 Å². The molecule has 0 radical (unpaired) electrons. The van der Waals surface area contributed by atoms with Crippen molar-refractivity contribution in [2.75, 3.05) is 0 Å². The highest BCUT2D eigenvalue weighted by Gasteiger charge is 2.41. The lowest BCUT2D eigenvalue weighted by molar-refractivity contribution is 0.0828. The number of carbonyl (C=O) groups excluding carboxylic acids is 4. The highest BCUT2D eigenvalue weighted by atomic mass is 16.5. The van der Waals surface area contributed by atoms with Crippen molar-refractivity contribution in [2.24, 2.45) is 0 Å². The molecule has 0 aliphatic carbocycles. The van der Waals surface area contributed by atoms with Crippen LogP contribution in [0.4, 0.5) is 0 Å². The van der Waals surface area contributed by atoms with Crippen molar-refractivity contribution in [2.45, 2.75) is 158 Å². The van der Waals surface area contributed by atoms with Gasteiger partial charge in [-0.1, -0.05) is 190 Å². The van der Waals surface area contributed by atoms with Crippen LogP contribution in [0.15, 0.2) is 97.1 Å². The Labute approximate surface area is 471 Å². The second-order valence-corrected chi connectivity index (χ2v) is 24.9. The number of ether oxygens (including phenoxy) is 2. The van der Waals surface area contributed by atoms with Crippen LogP contribution in [0, 0.1) is 0 Å². The van der Waals surface area contributed by atoms with Gasteiger partial charge in [0.2, 0.25) is 0 Å².